The van der Waals surface area contributed by atoms with Crippen molar-refractivity contribution >= 4 is 35.2 Å². The molecule has 3 atom stereocenters. The Balaban J connectivity index is 1.34. The maximum absolute atomic E-state index is 12.3. The standard InChI is InChI=1S/C34H41N3O7S/c1-23(39)36-28-15-17-30(18-16-28)45-22-29-19-31(26-11-9-25(21-38)10-12-26)44-34(43-29)27-13-7-24(8-14-27)20-35-32(40)5-3-2-4-6-33(41)37-42/h7-18,29,31,34,38,42H,2-6,19-22H2,1H3,(H,35,40)(H,36,39)(H,37,41)/t29-,31+,34+/m0/s1. The van der Waals surface area contributed by atoms with Crippen LogP contribution < -0.4 is 16.1 Å². The minimum absolute atomic E-state index is 0.0180. The highest BCUT2D eigenvalue weighted by atomic mass is 32.2. The van der Waals surface area contributed by atoms with Gasteiger partial charge in [0.2, 0.25) is 17.7 Å². The van der Waals surface area contributed by atoms with Gasteiger partial charge in [-0.15, -0.1) is 11.8 Å². The highest BCUT2D eigenvalue weighted by Crippen LogP contribution is 2.39. The third-order valence-corrected chi connectivity index (χ3v) is 8.54. The number of nitrogens with one attached hydrogen (secondary N) is 3. The monoisotopic (exact) mass is 635 g/mol. The van der Waals surface area contributed by atoms with Crippen molar-refractivity contribution in [3.8, 4) is 0 Å². The topological polar surface area (TPSA) is 146 Å². The fraction of sp³-hybridized carbons (Fsp3) is 0.382. The SMILES string of the molecule is CC(=O)Nc1ccc(SC[C@@H]2C[C@H](c3ccc(CO)cc3)O[C@H](c3ccc(CNC(=O)CCCCCC(=O)NO)cc3)O2)cc1. The lowest BCUT2D eigenvalue weighted by atomic mass is 10.0. The number of amides is 3. The molecule has 0 bridgehead atoms. The summed E-state index contributed by atoms with van der Waals surface area (Å²) >= 11 is 1.68. The Morgan fingerprint density at radius 1 is 0.822 bits per heavy atom. The lowest BCUT2D eigenvalue weighted by Crippen LogP contribution is -2.31. The van der Waals surface area contributed by atoms with Gasteiger partial charge in [-0.05, 0) is 53.8 Å². The molecule has 1 saturated heterocycles. The molecule has 3 aromatic rings. The minimum atomic E-state index is -0.578. The van der Waals surface area contributed by atoms with Crippen LogP contribution in [0.5, 0.6) is 0 Å². The first-order chi connectivity index (χ1) is 21.8. The number of anilines is 1. The van der Waals surface area contributed by atoms with Gasteiger partial charge < -0.3 is 25.2 Å². The Bertz CT molecular complexity index is 1380. The van der Waals surface area contributed by atoms with E-state index in [9.17, 15) is 19.5 Å². The molecule has 1 fully saturated rings. The van der Waals surface area contributed by atoms with Crippen LogP contribution in [-0.2, 0) is 37.0 Å². The van der Waals surface area contributed by atoms with Gasteiger partial charge >= 0.3 is 0 Å². The van der Waals surface area contributed by atoms with Gasteiger partial charge in [0.1, 0.15) is 0 Å². The molecular formula is C34H41N3O7S. The van der Waals surface area contributed by atoms with Gasteiger partial charge in [-0.1, -0.05) is 55.0 Å². The zero-order chi connectivity index (χ0) is 32.0. The van der Waals surface area contributed by atoms with Crippen molar-refractivity contribution in [2.75, 3.05) is 11.1 Å². The average Bonchev–Trinajstić information content (AvgIpc) is 3.06. The molecule has 3 aromatic carbocycles. The Morgan fingerprint density at radius 2 is 1.47 bits per heavy atom. The van der Waals surface area contributed by atoms with Gasteiger partial charge in [-0.25, -0.2) is 5.48 Å². The number of carbonyl (C=O) groups excluding carboxylic acids is 3. The number of rotatable bonds is 15. The summed E-state index contributed by atoms with van der Waals surface area (Å²) in [5.74, 6) is 0.136. The molecule has 0 radical (unpaired) electrons. The fourth-order valence-corrected chi connectivity index (χ4v) is 5.86. The molecule has 0 saturated carbocycles. The molecule has 5 N–H and O–H groups in total. The number of aliphatic hydroxyl groups excluding tert-OH is 1. The number of hydroxylamine groups is 1. The van der Waals surface area contributed by atoms with E-state index in [1.54, 1.807) is 17.2 Å². The Labute approximate surface area is 267 Å². The summed E-state index contributed by atoms with van der Waals surface area (Å²) in [6, 6.07) is 23.3. The number of unbranched alkanes of at least 4 members (excludes halogenated alkanes) is 2. The Morgan fingerprint density at radius 3 is 2.11 bits per heavy atom. The molecule has 3 amide bonds. The summed E-state index contributed by atoms with van der Waals surface area (Å²) in [5.41, 5.74) is 6.05. The quantitative estimate of drug-likeness (QED) is 0.0633. The van der Waals surface area contributed by atoms with E-state index in [1.807, 2.05) is 72.8 Å². The molecule has 0 aromatic heterocycles. The van der Waals surface area contributed by atoms with Crippen molar-refractivity contribution < 1.29 is 34.2 Å². The van der Waals surface area contributed by atoms with Crippen molar-refractivity contribution in [3.63, 3.8) is 0 Å². The first-order valence-corrected chi connectivity index (χ1v) is 16.1. The molecule has 45 heavy (non-hydrogen) atoms. The van der Waals surface area contributed by atoms with Crippen LogP contribution in [0, 0.1) is 0 Å². The van der Waals surface area contributed by atoms with Gasteiger partial charge in [0, 0.05) is 54.6 Å². The molecule has 0 aliphatic carbocycles. The van der Waals surface area contributed by atoms with Gasteiger partial charge in [0.25, 0.3) is 0 Å². The number of hydrogen-bond donors (Lipinski definition) is 5. The molecule has 1 heterocycles. The van der Waals surface area contributed by atoms with Crippen LogP contribution in [0.4, 0.5) is 5.69 Å². The van der Waals surface area contributed by atoms with Gasteiger partial charge in [-0.3, -0.25) is 19.6 Å². The fourth-order valence-electron chi connectivity index (χ4n) is 4.94. The largest absolute Gasteiger partial charge is 0.392 e. The predicted molar refractivity (Wildman–Crippen MR) is 171 cm³/mol. The Hall–Kier alpha value is -3.74. The van der Waals surface area contributed by atoms with E-state index < -0.39 is 12.2 Å². The van der Waals surface area contributed by atoms with Gasteiger partial charge in [-0.2, -0.15) is 0 Å². The summed E-state index contributed by atoms with van der Waals surface area (Å²) < 4.78 is 12.9. The van der Waals surface area contributed by atoms with Crippen molar-refractivity contribution in [2.24, 2.45) is 0 Å². The number of ether oxygens (including phenoxy) is 2. The second-order valence-corrected chi connectivity index (χ2v) is 12.1. The highest BCUT2D eigenvalue weighted by Gasteiger charge is 2.32. The van der Waals surface area contributed by atoms with E-state index in [1.165, 1.54) is 6.92 Å². The van der Waals surface area contributed by atoms with Crippen molar-refractivity contribution in [1.82, 2.24) is 10.8 Å². The molecular weight excluding hydrogens is 594 g/mol. The van der Waals surface area contributed by atoms with Crippen LogP contribution in [0.1, 0.15) is 80.1 Å². The smallest absolute Gasteiger partial charge is 0.243 e. The molecule has 1 aliphatic heterocycles. The molecule has 11 heteroatoms. The van der Waals surface area contributed by atoms with Crippen LogP contribution >= 0.6 is 11.8 Å². The van der Waals surface area contributed by atoms with Crippen molar-refractivity contribution in [2.45, 2.75) is 82.0 Å². The van der Waals surface area contributed by atoms with Gasteiger partial charge in [0.15, 0.2) is 6.29 Å². The maximum Gasteiger partial charge on any atom is 0.243 e. The number of hydrogen-bond acceptors (Lipinski definition) is 8. The number of aliphatic hydroxyl groups is 1. The normalized spacial score (nSPS) is 17.8. The van der Waals surface area contributed by atoms with E-state index in [-0.39, 0.29) is 37.0 Å². The highest BCUT2D eigenvalue weighted by molar-refractivity contribution is 7.99. The minimum Gasteiger partial charge on any atom is -0.392 e. The predicted octanol–water partition coefficient (Wildman–Crippen LogP) is 5.55. The van der Waals surface area contributed by atoms with Crippen LogP contribution in [0.15, 0.2) is 77.7 Å². The summed E-state index contributed by atoms with van der Waals surface area (Å²) in [6.45, 7) is 1.87. The van der Waals surface area contributed by atoms with Crippen LogP contribution in [0.25, 0.3) is 0 Å². The van der Waals surface area contributed by atoms with E-state index in [4.69, 9.17) is 14.7 Å². The summed E-state index contributed by atoms with van der Waals surface area (Å²) in [5, 5.41) is 23.7. The van der Waals surface area contributed by atoms with Crippen LogP contribution in [0.3, 0.4) is 0 Å². The number of thioether (sulfide) groups is 1. The third-order valence-electron chi connectivity index (χ3n) is 7.40. The molecule has 240 valence electrons. The molecule has 4 rings (SSSR count). The molecule has 10 nitrogen and oxygen atoms in total. The van der Waals surface area contributed by atoms with Crippen LogP contribution in [-0.4, -0.2) is 39.9 Å². The first-order valence-electron chi connectivity index (χ1n) is 15.1. The number of carbonyl (C=O) groups is 3. The number of benzene rings is 3. The second kappa shape index (κ2) is 17.7. The first kappa shape index (κ1) is 34.1. The summed E-state index contributed by atoms with van der Waals surface area (Å²) in [4.78, 5) is 35.7. The van der Waals surface area contributed by atoms with Gasteiger partial charge in [0.05, 0.1) is 18.8 Å². The zero-order valence-electron chi connectivity index (χ0n) is 25.4. The van der Waals surface area contributed by atoms with Crippen molar-refractivity contribution in [3.05, 3.63) is 95.1 Å². The Kier molecular flexibility index (Phi) is 13.4. The van der Waals surface area contributed by atoms with Crippen LogP contribution in [0.2, 0.25) is 0 Å². The lowest BCUT2D eigenvalue weighted by molar-refractivity contribution is -0.245. The summed E-state index contributed by atoms with van der Waals surface area (Å²) in [7, 11) is 0. The third kappa shape index (κ3) is 11.3. The lowest BCUT2D eigenvalue weighted by Gasteiger charge is -2.36. The average molecular weight is 636 g/mol. The summed E-state index contributed by atoms with van der Waals surface area (Å²) in [6.07, 6.45) is 2.44. The molecule has 0 unspecified atom stereocenters. The maximum atomic E-state index is 12.3. The van der Waals surface area contributed by atoms with E-state index in [0.717, 1.165) is 39.3 Å². The zero-order valence-corrected chi connectivity index (χ0v) is 26.2. The van der Waals surface area contributed by atoms with E-state index >= 15 is 0 Å². The molecule has 1 aliphatic rings. The van der Waals surface area contributed by atoms with E-state index in [2.05, 4.69) is 10.6 Å². The molecule has 0 spiro atoms. The van der Waals surface area contributed by atoms with E-state index in [0.29, 0.717) is 38.0 Å². The van der Waals surface area contributed by atoms with Crippen molar-refractivity contribution in [1.29, 1.82) is 0 Å². The second-order valence-electron chi connectivity index (χ2n) is 11.0.